The molecule has 0 spiro atoms. The molecule has 4 atom stereocenters. The Morgan fingerprint density at radius 3 is 1.22 bits per heavy atom. The summed E-state index contributed by atoms with van der Waals surface area (Å²) in [4.78, 5) is 26.4. The lowest BCUT2D eigenvalue weighted by Crippen LogP contribution is -2.56. The molecule has 1 aliphatic heterocycles. The highest BCUT2D eigenvalue weighted by Crippen LogP contribution is 2.34. The molecule has 2 amide bonds. The number of alkyl carbamates (subject to hydrolysis) is 2. The lowest BCUT2D eigenvalue weighted by Gasteiger charge is -2.32. The molecular formula is C37H40N2O6. The molecule has 1 aliphatic rings. The number of rotatable bonds is 12. The third-order valence-electron chi connectivity index (χ3n) is 7.59. The van der Waals surface area contributed by atoms with E-state index in [1.165, 1.54) is 0 Å². The largest absolute Gasteiger partial charge is 0.445 e. The van der Waals surface area contributed by atoms with E-state index in [1.807, 2.05) is 135 Å². The molecule has 1 heterocycles. The van der Waals surface area contributed by atoms with E-state index in [-0.39, 0.29) is 13.2 Å². The third kappa shape index (κ3) is 9.66. The predicted octanol–water partition coefficient (Wildman–Crippen LogP) is 6.58. The number of hydrogen-bond acceptors (Lipinski definition) is 6. The Balaban J connectivity index is 1.38. The first-order chi connectivity index (χ1) is 21.8. The molecule has 0 saturated carbocycles. The molecule has 0 aliphatic carbocycles. The van der Waals surface area contributed by atoms with E-state index in [4.69, 9.17) is 18.9 Å². The quantitative estimate of drug-likeness (QED) is 0.189. The molecule has 4 aromatic rings. The van der Waals surface area contributed by atoms with Gasteiger partial charge in [0.2, 0.25) is 0 Å². The summed E-state index contributed by atoms with van der Waals surface area (Å²) in [5.41, 5.74) is 3.78. The van der Waals surface area contributed by atoms with E-state index in [0.29, 0.717) is 12.8 Å². The van der Waals surface area contributed by atoms with E-state index in [9.17, 15) is 9.59 Å². The van der Waals surface area contributed by atoms with Crippen LogP contribution in [0.15, 0.2) is 121 Å². The van der Waals surface area contributed by atoms with E-state index in [2.05, 4.69) is 10.6 Å². The first kappa shape index (κ1) is 31.8. The van der Waals surface area contributed by atoms with Crippen LogP contribution in [-0.2, 0) is 45.0 Å². The molecule has 0 unspecified atom stereocenters. The lowest BCUT2D eigenvalue weighted by molar-refractivity contribution is -0.150. The highest BCUT2D eigenvalue weighted by Gasteiger charge is 2.49. The van der Waals surface area contributed by atoms with Crippen LogP contribution in [-0.4, -0.2) is 42.3 Å². The summed E-state index contributed by atoms with van der Waals surface area (Å²) in [6.45, 7) is 3.93. The minimum Gasteiger partial charge on any atom is -0.445 e. The molecule has 4 aromatic carbocycles. The third-order valence-corrected chi connectivity index (χ3v) is 7.59. The van der Waals surface area contributed by atoms with Gasteiger partial charge in [0.1, 0.15) is 25.4 Å². The highest BCUT2D eigenvalue weighted by molar-refractivity contribution is 5.68. The van der Waals surface area contributed by atoms with Crippen LogP contribution in [0.3, 0.4) is 0 Å². The smallest absolute Gasteiger partial charge is 0.407 e. The summed E-state index contributed by atoms with van der Waals surface area (Å²) in [6.07, 6.45) is -1.49. The predicted molar refractivity (Wildman–Crippen MR) is 171 cm³/mol. The molecular weight excluding hydrogens is 568 g/mol. The van der Waals surface area contributed by atoms with E-state index >= 15 is 0 Å². The first-order valence-electron chi connectivity index (χ1n) is 15.2. The standard InChI is InChI=1S/C37H40N2O6/c1-37(2)44-33(31(23-27-15-7-3-8-16-27)38-35(40)42-25-29-19-11-5-12-20-29)34(45-37)32(24-28-17-9-4-10-18-28)39-36(41)43-26-30-21-13-6-14-22-30/h3-22,31-34H,23-26H2,1-2H3,(H,38,40)(H,39,41)/t31-,32-,33+,34+/m1/s1. The Morgan fingerprint density at radius 2 is 0.889 bits per heavy atom. The number of nitrogens with one attached hydrogen (secondary N) is 2. The zero-order valence-corrected chi connectivity index (χ0v) is 25.6. The monoisotopic (exact) mass is 608 g/mol. The van der Waals surface area contributed by atoms with E-state index < -0.39 is 42.3 Å². The van der Waals surface area contributed by atoms with Gasteiger partial charge in [-0.15, -0.1) is 0 Å². The van der Waals surface area contributed by atoms with Crippen molar-refractivity contribution in [3.63, 3.8) is 0 Å². The average Bonchev–Trinajstić information content (AvgIpc) is 3.39. The molecule has 8 heteroatoms. The van der Waals surface area contributed by atoms with Gasteiger partial charge in [0.15, 0.2) is 5.79 Å². The zero-order valence-electron chi connectivity index (χ0n) is 25.6. The summed E-state index contributed by atoms with van der Waals surface area (Å²) in [6, 6.07) is 37.7. The topological polar surface area (TPSA) is 95.1 Å². The molecule has 1 saturated heterocycles. The molecule has 0 bridgehead atoms. The van der Waals surface area contributed by atoms with Gasteiger partial charge in [0.05, 0.1) is 12.1 Å². The Kier molecular flexibility index (Phi) is 10.8. The summed E-state index contributed by atoms with van der Waals surface area (Å²) in [7, 11) is 0. The maximum absolute atomic E-state index is 13.2. The second-order valence-corrected chi connectivity index (χ2v) is 11.6. The normalized spacial score (nSPS) is 18.4. The van der Waals surface area contributed by atoms with Crippen LogP contribution < -0.4 is 10.6 Å². The van der Waals surface area contributed by atoms with Crippen molar-refractivity contribution >= 4 is 12.2 Å². The minimum absolute atomic E-state index is 0.132. The van der Waals surface area contributed by atoms with Gasteiger partial charge >= 0.3 is 12.2 Å². The van der Waals surface area contributed by atoms with Gasteiger partial charge in [0.25, 0.3) is 0 Å². The van der Waals surface area contributed by atoms with Crippen molar-refractivity contribution in [1.82, 2.24) is 10.6 Å². The number of hydrogen-bond donors (Lipinski definition) is 2. The molecule has 2 N–H and O–H groups in total. The Morgan fingerprint density at radius 1 is 0.578 bits per heavy atom. The zero-order chi connectivity index (χ0) is 31.5. The number of carbonyl (C=O) groups excluding carboxylic acids is 2. The van der Waals surface area contributed by atoms with Crippen molar-refractivity contribution in [3.8, 4) is 0 Å². The second-order valence-electron chi connectivity index (χ2n) is 11.6. The van der Waals surface area contributed by atoms with Crippen molar-refractivity contribution in [3.05, 3.63) is 144 Å². The summed E-state index contributed by atoms with van der Waals surface area (Å²) in [5.74, 6) is -0.982. The van der Waals surface area contributed by atoms with Crippen molar-refractivity contribution in [2.24, 2.45) is 0 Å². The van der Waals surface area contributed by atoms with Crippen molar-refractivity contribution in [1.29, 1.82) is 0 Å². The van der Waals surface area contributed by atoms with Gasteiger partial charge in [0, 0.05) is 0 Å². The van der Waals surface area contributed by atoms with Crippen LogP contribution in [0.4, 0.5) is 9.59 Å². The molecule has 234 valence electrons. The maximum atomic E-state index is 13.2. The fraction of sp³-hybridized carbons (Fsp3) is 0.297. The van der Waals surface area contributed by atoms with Crippen LogP contribution in [0.2, 0.25) is 0 Å². The highest BCUT2D eigenvalue weighted by atomic mass is 16.8. The number of ether oxygens (including phenoxy) is 4. The number of benzene rings is 4. The van der Waals surface area contributed by atoms with Crippen LogP contribution in [0, 0.1) is 0 Å². The minimum atomic E-state index is -0.982. The van der Waals surface area contributed by atoms with Gasteiger partial charge in [-0.1, -0.05) is 121 Å². The maximum Gasteiger partial charge on any atom is 0.407 e. The van der Waals surface area contributed by atoms with Gasteiger partial charge in [-0.2, -0.15) is 0 Å². The Hall–Kier alpha value is -4.66. The van der Waals surface area contributed by atoms with Gasteiger partial charge in [-0.25, -0.2) is 9.59 Å². The number of carbonyl (C=O) groups is 2. The molecule has 5 rings (SSSR count). The Labute approximate surface area is 264 Å². The van der Waals surface area contributed by atoms with Crippen LogP contribution in [0.1, 0.15) is 36.1 Å². The van der Waals surface area contributed by atoms with Gasteiger partial charge in [-0.3, -0.25) is 0 Å². The average molecular weight is 609 g/mol. The summed E-state index contributed by atoms with van der Waals surface area (Å²) < 4.78 is 24.2. The summed E-state index contributed by atoms with van der Waals surface area (Å²) >= 11 is 0. The molecule has 0 aromatic heterocycles. The van der Waals surface area contributed by atoms with Crippen molar-refractivity contribution in [2.45, 2.75) is 70.0 Å². The molecule has 8 nitrogen and oxygen atoms in total. The number of amides is 2. The SMILES string of the molecule is CC1(C)O[C@@H]([C@@H](Cc2ccccc2)NC(=O)OCc2ccccc2)[C@H]([C@@H](Cc2ccccc2)NC(=O)OCc2ccccc2)O1. The van der Waals surface area contributed by atoms with Crippen molar-refractivity contribution in [2.75, 3.05) is 0 Å². The molecule has 0 radical (unpaired) electrons. The summed E-state index contributed by atoms with van der Waals surface area (Å²) in [5, 5.41) is 6.11. The van der Waals surface area contributed by atoms with Crippen molar-refractivity contribution < 1.29 is 28.5 Å². The second kappa shape index (κ2) is 15.4. The molecule has 45 heavy (non-hydrogen) atoms. The Bertz CT molecular complexity index is 1370. The first-order valence-corrected chi connectivity index (χ1v) is 15.2. The fourth-order valence-corrected chi connectivity index (χ4v) is 5.51. The van der Waals surface area contributed by atoms with Crippen LogP contribution in [0.5, 0.6) is 0 Å². The van der Waals surface area contributed by atoms with E-state index in [1.54, 1.807) is 0 Å². The lowest BCUT2D eigenvalue weighted by atomic mass is 9.91. The van der Waals surface area contributed by atoms with Gasteiger partial charge < -0.3 is 29.6 Å². The van der Waals surface area contributed by atoms with Gasteiger partial charge in [-0.05, 0) is 48.9 Å². The van der Waals surface area contributed by atoms with Crippen LogP contribution in [0.25, 0.3) is 0 Å². The molecule has 1 fully saturated rings. The van der Waals surface area contributed by atoms with E-state index in [0.717, 1.165) is 22.3 Å². The van der Waals surface area contributed by atoms with Crippen LogP contribution >= 0.6 is 0 Å². The fourth-order valence-electron chi connectivity index (χ4n) is 5.51.